The monoisotopic (exact) mass is 454 g/mol. The van der Waals surface area contributed by atoms with Crippen LogP contribution in [0.5, 0.6) is 5.75 Å². The van der Waals surface area contributed by atoms with Gasteiger partial charge in [0.25, 0.3) is 17.7 Å². The van der Waals surface area contributed by atoms with Gasteiger partial charge >= 0.3 is 0 Å². The average molecular weight is 455 g/mol. The number of hydrazine groups is 1. The molecule has 1 aliphatic carbocycles. The summed E-state index contributed by atoms with van der Waals surface area (Å²) in [6.07, 6.45) is 2.92. The molecule has 0 N–H and O–H groups in total. The maximum absolute atomic E-state index is 13.4. The highest BCUT2D eigenvalue weighted by molar-refractivity contribution is 6.34. The number of hydrogen-bond acceptors (Lipinski definition) is 5. The van der Waals surface area contributed by atoms with Crippen LogP contribution in [0.4, 0.5) is 0 Å². The number of nitrogens with zero attached hydrogens (tertiary/aromatic N) is 2. The van der Waals surface area contributed by atoms with Crippen LogP contribution in [0, 0.1) is 11.8 Å². The zero-order chi connectivity index (χ0) is 22.8. The smallest absolute Gasteiger partial charge is 0.274 e. The minimum atomic E-state index is -0.669. The Morgan fingerprint density at radius 3 is 2.16 bits per heavy atom. The molecule has 2 aromatic carbocycles. The number of benzene rings is 2. The molecule has 0 aromatic heterocycles. The summed E-state index contributed by atoms with van der Waals surface area (Å²) in [6.45, 7) is -0.465. The highest BCUT2D eigenvalue weighted by Gasteiger charge is 2.51. The maximum Gasteiger partial charge on any atom is 0.274 e. The van der Waals surface area contributed by atoms with Crippen molar-refractivity contribution in [1.82, 2.24) is 10.0 Å². The molecule has 1 aliphatic heterocycles. The molecule has 0 radical (unpaired) electrons. The lowest BCUT2D eigenvalue weighted by Crippen LogP contribution is -2.52. The van der Waals surface area contributed by atoms with E-state index >= 15 is 0 Å². The van der Waals surface area contributed by atoms with Gasteiger partial charge in [-0.2, -0.15) is 5.01 Å². The number of imide groups is 1. The summed E-state index contributed by atoms with van der Waals surface area (Å²) >= 11 is 6.22. The summed E-state index contributed by atoms with van der Waals surface area (Å²) in [5.41, 5.74) is 0.450. The molecule has 4 rings (SSSR count). The summed E-state index contributed by atoms with van der Waals surface area (Å²) in [5, 5.41) is 2.01. The van der Waals surface area contributed by atoms with Crippen molar-refractivity contribution in [1.29, 1.82) is 0 Å². The Morgan fingerprint density at radius 1 is 1.00 bits per heavy atom. The van der Waals surface area contributed by atoms with E-state index in [1.807, 2.05) is 0 Å². The van der Waals surface area contributed by atoms with Gasteiger partial charge in [0.2, 0.25) is 0 Å². The molecule has 1 saturated carbocycles. The fraction of sp³-hybridized carbons (Fsp3) is 0.333. The van der Waals surface area contributed by atoms with Crippen molar-refractivity contribution in [2.75, 3.05) is 13.7 Å². The topological polar surface area (TPSA) is 84.0 Å². The predicted molar refractivity (Wildman–Crippen MR) is 117 cm³/mol. The third kappa shape index (κ3) is 4.00. The summed E-state index contributed by atoms with van der Waals surface area (Å²) in [7, 11) is 1.52. The lowest BCUT2D eigenvalue weighted by Gasteiger charge is -2.30. The van der Waals surface area contributed by atoms with Crippen LogP contribution in [-0.2, 0) is 9.59 Å². The SMILES string of the molecule is COc1ccc(C(=O)CN(C(=O)c2ccccc2Cl)N2C(=O)[C@H]3CCCC[C@H]3C2=O)cc1. The molecular weight excluding hydrogens is 432 g/mol. The Bertz CT molecular complexity index is 1040. The summed E-state index contributed by atoms with van der Waals surface area (Å²) in [6, 6.07) is 12.8. The van der Waals surface area contributed by atoms with E-state index in [0.29, 0.717) is 24.2 Å². The molecular formula is C24H23ClN2O5. The van der Waals surface area contributed by atoms with Gasteiger partial charge in [-0.15, -0.1) is 0 Å². The number of fused-ring (bicyclic) bond motifs is 1. The first kappa shape index (κ1) is 22.0. The third-order valence-electron chi connectivity index (χ3n) is 6.10. The van der Waals surface area contributed by atoms with Crippen LogP contribution in [0.15, 0.2) is 48.5 Å². The molecule has 2 aliphatic rings. The maximum atomic E-state index is 13.4. The van der Waals surface area contributed by atoms with Crippen molar-refractivity contribution in [2.24, 2.45) is 11.8 Å². The quantitative estimate of drug-likeness (QED) is 0.490. The third-order valence-corrected chi connectivity index (χ3v) is 6.43. The summed E-state index contributed by atoms with van der Waals surface area (Å²) in [4.78, 5) is 52.8. The molecule has 3 amide bonds. The number of halogens is 1. The zero-order valence-electron chi connectivity index (χ0n) is 17.6. The first-order valence-electron chi connectivity index (χ1n) is 10.5. The van der Waals surface area contributed by atoms with Crippen molar-refractivity contribution in [3.63, 3.8) is 0 Å². The number of carbonyl (C=O) groups is 4. The van der Waals surface area contributed by atoms with Gasteiger partial charge in [-0.3, -0.25) is 19.2 Å². The molecule has 2 atom stereocenters. The normalized spacial score (nSPS) is 20.1. The van der Waals surface area contributed by atoms with Crippen LogP contribution >= 0.6 is 11.6 Å². The van der Waals surface area contributed by atoms with E-state index in [9.17, 15) is 19.2 Å². The molecule has 1 heterocycles. The number of ether oxygens (including phenoxy) is 1. The van der Waals surface area contributed by atoms with Crippen molar-refractivity contribution in [3.8, 4) is 5.75 Å². The Balaban J connectivity index is 1.69. The van der Waals surface area contributed by atoms with Gasteiger partial charge in [0.15, 0.2) is 5.78 Å². The molecule has 0 unspecified atom stereocenters. The van der Waals surface area contributed by atoms with Crippen molar-refractivity contribution >= 4 is 35.1 Å². The fourth-order valence-electron chi connectivity index (χ4n) is 4.39. The van der Waals surface area contributed by atoms with Crippen LogP contribution in [0.3, 0.4) is 0 Å². The summed E-state index contributed by atoms with van der Waals surface area (Å²) < 4.78 is 5.11. The van der Waals surface area contributed by atoms with E-state index in [4.69, 9.17) is 16.3 Å². The largest absolute Gasteiger partial charge is 0.497 e. The predicted octanol–water partition coefficient (Wildman–Crippen LogP) is 3.76. The van der Waals surface area contributed by atoms with Crippen LogP contribution in [0.25, 0.3) is 0 Å². The zero-order valence-corrected chi connectivity index (χ0v) is 18.4. The van der Waals surface area contributed by atoms with Crippen molar-refractivity contribution in [3.05, 3.63) is 64.7 Å². The molecule has 2 fully saturated rings. The molecule has 7 nitrogen and oxygen atoms in total. The van der Waals surface area contributed by atoms with Gasteiger partial charge in [0, 0.05) is 5.56 Å². The average Bonchev–Trinajstić information content (AvgIpc) is 3.07. The number of methoxy groups -OCH3 is 1. The number of Topliss-reactive ketones (excluding diaryl/α,β-unsaturated/α-hetero) is 1. The number of rotatable bonds is 6. The fourth-order valence-corrected chi connectivity index (χ4v) is 4.61. The lowest BCUT2D eigenvalue weighted by atomic mass is 9.81. The Hall–Kier alpha value is -3.19. The molecule has 1 saturated heterocycles. The number of ketones is 1. The highest BCUT2D eigenvalue weighted by Crippen LogP contribution is 2.39. The van der Waals surface area contributed by atoms with Crippen molar-refractivity contribution in [2.45, 2.75) is 25.7 Å². The Labute approximate surface area is 190 Å². The van der Waals surface area contributed by atoms with Crippen molar-refractivity contribution < 1.29 is 23.9 Å². The second kappa shape index (κ2) is 9.12. The Morgan fingerprint density at radius 2 is 1.59 bits per heavy atom. The Kier molecular flexibility index (Phi) is 6.28. The minimum Gasteiger partial charge on any atom is -0.497 e. The second-order valence-electron chi connectivity index (χ2n) is 7.98. The highest BCUT2D eigenvalue weighted by atomic mass is 35.5. The second-order valence-corrected chi connectivity index (χ2v) is 8.39. The van der Waals surface area contributed by atoms with E-state index in [-0.39, 0.29) is 10.6 Å². The van der Waals surface area contributed by atoms with E-state index in [2.05, 4.69) is 0 Å². The summed E-state index contributed by atoms with van der Waals surface area (Å²) in [5.74, 6) is -2.26. The van der Waals surface area contributed by atoms with Gasteiger partial charge in [-0.1, -0.05) is 36.6 Å². The first-order chi connectivity index (χ1) is 15.4. The van der Waals surface area contributed by atoms with E-state index < -0.39 is 41.9 Å². The number of amides is 3. The van der Waals surface area contributed by atoms with E-state index in [1.165, 1.54) is 13.2 Å². The van der Waals surface area contributed by atoms with Crippen LogP contribution in [-0.4, -0.2) is 47.2 Å². The number of hydrogen-bond donors (Lipinski definition) is 0. The van der Waals surface area contributed by atoms with Crippen LogP contribution in [0.1, 0.15) is 46.4 Å². The van der Waals surface area contributed by atoms with E-state index in [1.54, 1.807) is 42.5 Å². The minimum absolute atomic E-state index is 0.118. The first-order valence-corrected chi connectivity index (χ1v) is 10.9. The molecule has 32 heavy (non-hydrogen) atoms. The molecule has 8 heteroatoms. The van der Waals surface area contributed by atoms with Crippen LogP contribution in [0.2, 0.25) is 5.02 Å². The lowest BCUT2D eigenvalue weighted by molar-refractivity contribution is -0.154. The molecule has 166 valence electrons. The van der Waals surface area contributed by atoms with Gasteiger partial charge in [0.1, 0.15) is 12.3 Å². The van der Waals surface area contributed by atoms with Crippen LogP contribution < -0.4 is 4.74 Å². The standard InChI is InChI=1S/C24H23ClN2O5/c1-32-16-12-10-15(11-13-16)21(28)14-26(22(29)19-8-4-5-9-20(19)25)27-23(30)17-6-2-3-7-18(17)24(27)31/h4-5,8-13,17-18H,2-3,6-7,14H2,1H3/t17-,18+. The van der Waals surface area contributed by atoms with Gasteiger partial charge in [-0.05, 0) is 49.2 Å². The van der Waals surface area contributed by atoms with Gasteiger partial charge < -0.3 is 4.74 Å². The van der Waals surface area contributed by atoms with Gasteiger partial charge in [0.05, 0.1) is 29.5 Å². The van der Waals surface area contributed by atoms with E-state index in [0.717, 1.165) is 22.9 Å². The molecule has 0 bridgehead atoms. The number of carbonyl (C=O) groups excluding carboxylic acids is 4. The molecule has 2 aromatic rings. The van der Waals surface area contributed by atoms with Gasteiger partial charge in [-0.25, -0.2) is 5.01 Å². The molecule has 0 spiro atoms.